The van der Waals surface area contributed by atoms with Crippen LogP contribution in [0.4, 0.5) is 0 Å². The van der Waals surface area contributed by atoms with E-state index in [4.69, 9.17) is 9.57 Å². The lowest BCUT2D eigenvalue weighted by Gasteiger charge is -2.12. The fourth-order valence-corrected chi connectivity index (χ4v) is 2.56. The number of carbonyl (C=O) groups is 1. The van der Waals surface area contributed by atoms with E-state index in [0.717, 1.165) is 17.7 Å². The molecule has 0 radical (unpaired) electrons. The van der Waals surface area contributed by atoms with Crippen molar-refractivity contribution in [2.45, 2.75) is 39.0 Å². The number of amides is 1. The second-order valence-corrected chi connectivity index (χ2v) is 5.72. The van der Waals surface area contributed by atoms with Gasteiger partial charge in [-0.1, -0.05) is 16.8 Å². The standard InChI is InChI=1S/C19H26N2O3/c1-2-23-18-10-8-17(9-11-18)14-21-24-15-19(22)20-13-12-16-6-4-3-5-7-16/h6,8-11,14H,2-5,7,12-13,15H2,1H3,(H,20,22)/b21-14+. The molecule has 1 N–H and O–H groups in total. The number of benzene rings is 1. The van der Waals surface area contributed by atoms with Crippen molar-refractivity contribution in [2.75, 3.05) is 19.8 Å². The van der Waals surface area contributed by atoms with Crippen molar-refractivity contribution in [1.82, 2.24) is 5.32 Å². The molecular weight excluding hydrogens is 304 g/mol. The predicted molar refractivity (Wildman–Crippen MR) is 95.3 cm³/mol. The highest BCUT2D eigenvalue weighted by Gasteiger charge is 2.05. The number of oxime groups is 1. The molecule has 0 unspecified atom stereocenters. The molecule has 1 aliphatic carbocycles. The van der Waals surface area contributed by atoms with Crippen LogP contribution in [0.25, 0.3) is 0 Å². The van der Waals surface area contributed by atoms with Gasteiger partial charge in [0.25, 0.3) is 5.91 Å². The Kier molecular flexibility index (Phi) is 7.87. The Hall–Kier alpha value is -2.30. The van der Waals surface area contributed by atoms with Gasteiger partial charge in [0, 0.05) is 6.54 Å². The van der Waals surface area contributed by atoms with Crippen molar-refractivity contribution in [3.05, 3.63) is 41.5 Å². The van der Waals surface area contributed by atoms with Gasteiger partial charge in [-0.05, 0) is 68.9 Å². The normalized spacial score (nSPS) is 14.3. The Bertz CT molecular complexity index is 564. The zero-order valence-corrected chi connectivity index (χ0v) is 14.3. The highest BCUT2D eigenvalue weighted by molar-refractivity contribution is 5.80. The monoisotopic (exact) mass is 330 g/mol. The van der Waals surface area contributed by atoms with Crippen LogP contribution in [0.3, 0.4) is 0 Å². The Labute approximate surface area is 143 Å². The summed E-state index contributed by atoms with van der Waals surface area (Å²) in [6.07, 6.45) is 9.70. The molecule has 0 spiro atoms. The maximum absolute atomic E-state index is 11.7. The lowest BCUT2D eigenvalue weighted by molar-refractivity contribution is -0.125. The molecule has 0 aromatic heterocycles. The first kappa shape index (κ1) is 18.0. The fraction of sp³-hybridized carbons (Fsp3) is 0.474. The van der Waals surface area contributed by atoms with Gasteiger partial charge in [0.2, 0.25) is 0 Å². The number of ether oxygens (including phenoxy) is 1. The zero-order chi connectivity index (χ0) is 17.0. The molecule has 0 atom stereocenters. The van der Waals surface area contributed by atoms with E-state index < -0.39 is 0 Å². The minimum absolute atomic E-state index is 0.0629. The van der Waals surface area contributed by atoms with E-state index in [1.54, 1.807) is 6.21 Å². The van der Waals surface area contributed by atoms with E-state index >= 15 is 0 Å². The first-order valence-corrected chi connectivity index (χ1v) is 8.60. The van der Waals surface area contributed by atoms with E-state index in [9.17, 15) is 4.79 Å². The minimum Gasteiger partial charge on any atom is -0.494 e. The number of hydrogen-bond donors (Lipinski definition) is 1. The number of allylic oxidation sites excluding steroid dienone is 1. The number of hydrogen-bond acceptors (Lipinski definition) is 4. The second-order valence-electron chi connectivity index (χ2n) is 5.72. The third-order valence-corrected chi connectivity index (χ3v) is 3.82. The summed E-state index contributed by atoms with van der Waals surface area (Å²) < 4.78 is 5.37. The van der Waals surface area contributed by atoms with Crippen LogP contribution in [0.5, 0.6) is 5.75 Å². The van der Waals surface area contributed by atoms with E-state index in [1.165, 1.54) is 31.3 Å². The smallest absolute Gasteiger partial charge is 0.260 e. The van der Waals surface area contributed by atoms with Gasteiger partial charge in [-0.3, -0.25) is 4.79 Å². The number of nitrogens with zero attached hydrogens (tertiary/aromatic N) is 1. The molecule has 24 heavy (non-hydrogen) atoms. The summed E-state index contributed by atoms with van der Waals surface area (Å²) in [5.41, 5.74) is 2.35. The summed E-state index contributed by atoms with van der Waals surface area (Å²) in [6, 6.07) is 7.51. The molecule has 1 aliphatic rings. The van der Waals surface area contributed by atoms with Crippen LogP contribution in [0.2, 0.25) is 0 Å². The van der Waals surface area contributed by atoms with Crippen molar-refractivity contribution in [3.8, 4) is 5.75 Å². The largest absolute Gasteiger partial charge is 0.494 e. The molecule has 0 saturated carbocycles. The van der Waals surface area contributed by atoms with E-state index in [2.05, 4.69) is 16.5 Å². The first-order chi connectivity index (χ1) is 11.8. The highest BCUT2D eigenvalue weighted by Crippen LogP contribution is 2.19. The van der Waals surface area contributed by atoms with Gasteiger partial charge in [-0.2, -0.15) is 0 Å². The summed E-state index contributed by atoms with van der Waals surface area (Å²) >= 11 is 0. The number of carbonyl (C=O) groups excluding carboxylic acids is 1. The van der Waals surface area contributed by atoms with Crippen LogP contribution in [0, 0.1) is 0 Å². The molecular formula is C19H26N2O3. The van der Waals surface area contributed by atoms with Gasteiger partial charge in [0.1, 0.15) is 5.75 Å². The third kappa shape index (κ3) is 6.86. The van der Waals surface area contributed by atoms with Crippen LogP contribution in [0.1, 0.15) is 44.6 Å². The van der Waals surface area contributed by atoms with E-state index in [0.29, 0.717) is 13.2 Å². The van der Waals surface area contributed by atoms with Crippen molar-refractivity contribution in [3.63, 3.8) is 0 Å². The molecule has 0 aliphatic heterocycles. The maximum atomic E-state index is 11.7. The van der Waals surface area contributed by atoms with E-state index in [-0.39, 0.29) is 12.5 Å². The molecule has 0 fully saturated rings. The lowest BCUT2D eigenvalue weighted by Crippen LogP contribution is -2.28. The summed E-state index contributed by atoms with van der Waals surface area (Å²) in [5.74, 6) is 0.679. The van der Waals surface area contributed by atoms with Crippen LogP contribution in [-0.2, 0) is 9.63 Å². The molecule has 5 nitrogen and oxygen atoms in total. The van der Waals surface area contributed by atoms with E-state index in [1.807, 2.05) is 31.2 Å². The molecule has 1 amide bonds. The number of nitrogens with one attached hydrogen (secondary N) is 1. The Morgan fingerprint density at radius 1 is 1.29 bits per heavy atom. The van der Waals surface area contributed by atoms with Gasteiger partial charge < -0.3 is 14.9 Å². The molecule has 1 aromatic carbocycles. The van der Waals surface area contributed by atoms with Gasteiger partial charge in [0.15, 0.2) is 6.61 Å². The quantitative estimate of drug-likeness (QED) is 0.429. The molecule has 0 saturated heterocycles. The molecule has 0 bridgehead atoms. The number of rotatable bonds is 9. The van der Waals surface area contributed by atoms with Gasteiger partial charge >= 0.3 is 0 Å². The van der Waals surface area contributed by atoms with Gasteiger partial charge in [0.05, 0.1) is 12.8 Å². The first-order valence-electron chi connectivity index (χ1n) is 8.60. The second kappa shape index (κ2) is 10.5. The van der Waals surface area contributed by atoms with Gasteiger partial charge in [-0.25, -0.2) is 0 Å². The molecule has 0 heterocycles. The van der Waals surface area contributed by atoms with Crippen molar-refractivity contribution in [2.24, 2.45) is 5.16 Å². The Morgan fingerprint density at radius 3 is 2.83 bits per heavy atom. The molecule has 130 valence electrons. The SMILES string of the molecule is CCOc1ccc(/C=N/OCC(=O)NCCC2=CCCCC2)cc1. The van der Waals surface area contributed by atoms with Crippen molar-refractivity contribution >= 4 is 12.1 Å². The minimum atomic E-state index is -0.143. The highest BCUT2D eigenvalue weighted by atomic mass is 16.6. The summed E-state index contributed by atoms with van der Waals surface area (Å²) in [5, 5.41) is 6.67. The van der Waals surface area contributed by atoms with Crippen LogP contribution < -0.4 is 10.1 Å². The van der Waals surface area contributed by atoms with Crippen molar-refractivity contribution in [1.29, 1.82) is 0 Å². The summed E-state index contributed by atoms with van der Waals surface area (Å²) in [4.78, 5) is 16.7. The van der Waals surface area contributed by atoms with Crippen LogP contribution >= 0.6 is 0 Å². The lowest BCUT2D eigenvalue weighted by atomic mass is 9.97. The third-order valence-electron chi connectivity index (χ3n) is 3.82. The summed E-state index contributed by atoms with van der Waals surface area (Å²) in [6.45, 7) is 3.19. The predicted octanol–water partition coefficient (Wildman–Crippen LogP) is 3.44. The molecule has 2 rings (SSSR count). The van der Waals surface area contributed by atoms with Crippen LogP contribution in [-0.4, -0.2) is 31.9 Å². The maximum Gasteiger partial charge on any atom is 0.260 e. The Balaban J connectivity index is 1.60. The zero-order valence-electron chi connectivity index (χ0n) is 14.3. The molecule has 5 heteroatoms. The Morgan fingerprint density at radius 2 is 2.12 bits per heavy atom. The van der Waals surface area contributed by atoms with Crippen LogP contribution in [0.15, 0.2) is 41.1 Å². The topological polar surface area (TPSA) is 59.9 Å². The van der Waals surface area contributed by atoms with Crippen molar-refractivity contribution < 1.29 is 14.4 Å². The average Bonchev–Trinajstić information content (AvgIpc) is 2.61. The molecule has 1 aromatic rings. The fourth-order valence-electron chi connectivity index (χ4n) is 2.56. The summed E-state index contributed by atoms with van der Waals surface area (Å²) in [7, 11) is 0. The average molecular weight is 330 g/mol. The van der Waals surface area contributed by atoms with Gasteiger partial charge in [-0.15, -0.1) is 0 Å².